The number of aromatic nitrogens is 1. The van der Waals surface area contributed by atoms with Gasteiger partial charge in [0.05, 0.1) is 23.7 Å². The van der Waals surface area contributed by atoms with Crippen molar-refractivity contribution in [1.29, 1.82) is 0 Å². The van der Waals surface area contributed by atoms with E-state index >= 15 is 0 Å². The average molecular weight is 258 g/mol. The third-order valence-corrected chi connectivity index (χ3v) is 3.79. The number of hydrogen-bond donors (Lipinski definition) is 0. The van der Waals surface area contributed by atoms with Gasteiger partial charge in [0.25, 0.3) is 5.91 Å². The molecule has 0 bridgehead atoms. The summed E-state index contributed by atoms with van der Waals surface area (Å²) in [7, 11) is 0. The van der Waals surface area contributed by atoms with E-state index in [0.717, 1.165) is 5.69 Å². The molecule has 1 amide bonds. The van der Waals surface area contributed by atoms with E-state index in [1.54, 1.807) is 23.2 Å². The van der Waals surface area contributed by atoms with Crippen molar-refractivity contribution in [3.05, 3.63) is 29.6 Å². The molecule has 1 saturated carbocycles. The molecule has 2 aliphatic rings. The summed E-state index contributed by atoms with van der Waals surface area (Å²) < 4.78 is 0. The van der Waals surface area contributed by atoms with Crippen LogP contribution in [0.1, 0.15) is 35.3 Å². The second-order valence-corrected chi connectivity index (χ2v) is 4.98. The van der Waals surface area contributed by atoms with Crippen LogP contribution in [-0.2, 0) is 16.0 Å². The van der Waals surface area contributed by atoms with Crippen molar-refractivity contribution in [2.75, 3.05) is 6.54 Å². The molecule has 1 fully saturated rings. The molecule has 1 aliphatic carbocycles. The summed E-state index contributed by atoms with van der Waals surface area (Å²) in [6.07, 6.45) is 3.15. The third-order valence-electron chi connectivity index (χ3n) is 3.79. The predicted octanol–water partition coefficient (Wildman–Crippen LogP) is 0.771. The highest BCUT2D eigenvalue weighted by Crippen LogP contribution is 2.24. The van der Waals surface area contributed by atoms with E-state index in [1.165, 1.54) is 0 Å². The van der Waals surface area contributed by atoms with Gasteiger partial charge in [-0.15, -0.1) is 0 Å². The molecule has 98 valence electrons. The van der Waals surface area contributed by atoms with Crippen molar-refractivity contribution < 1.29 is 14.4 Å². The zero-order chi connectivity index (χ0) is 13.4. The van der Waals surface area contributed by atoms with Gasteiger partial charge < -0.3 is 4.90 Å². The van der Waals surface area contributed by atoms with Crippen molar-refractivity contribution in [3.8, 4) is 0 Å². The van der Waals surface area contributed by atoms with Gasteiger partial charge in [-0.1, -0.05) is 0 Å². The van der Waals surface area contributed by atoms with Crippen LogP contribution in [0.2, 0.25) is 0 Å². The van der Waals surface area contributed by atoms with E-state index in [4.69, 9.17) is 0 Å². The molecule has 19 heavy (non-hydrogen) atoms. The summed E-state index contributed by atoms with van der Waals surface area (Å²) in [5.74, 6) is -0.285. The van der Waals surface area contributed by atoms with Crippen molar-refractivity contribution in [2.24, 2.45) is 0 Å². The van der Waals surface area contributed by atoms with Gasteiger partial charge in [0.1, 0.15) is 5.78 Å². The highest BCUT2D eigenvalue weighted by molar-refractivity contribution is 6.06. The Morgan fingerprint density at radius 3 is 2.84 bits per heavy atom. The minimum absolute atomic E-state index is 0.0206. The number of rotatable bonds is 1. The second-order valence-electron chi connectivity index (χ2n) is 4.98. The Hall–Kier alpha value is -2.04. The molecular weight excluding hydrogens is 244 g/mol. The number of pyridine rings is 1. The lowest BCUT2D eigenvalue weighted by molar-refractivity contribution is -0.133. The van der Waals surface area contributed by atoms with Crippen LogP contribution in [0.25, 0.3) is 0 Å². The number of carbonyl (C=O) groups is 3. The maximum absolute atomic E-state index is 12.4. The molecule has 1 aromatic rings. The van der Waals surface area contributed by atoms with Crippen LogP contribution in [0.4, 0.5) is 0 Å². The highest BCUT2D eigenvalue weighted by atomic mass is 16.2. The first-order chi connectivity index (χ1) is 9.16. The predicted molar refractivity (Wildman–Crippen MR) is 66.6 cm³/mol. The maximum atomic E-state index is 12.4. The number of hydrogen-bond acceptors (Lipinski definition) is 4. The van der Waals surface area contributed by atoms with Crippen LogP contribution in [0.5, 0.6) is 0 Å². The van der Waals surface area contributed by atoms with Gasteiger partial charge in [-0.05, 0) is 18.6 Å². The molecule has 1 aliphatic heterocycles. The summed E-state index contributed by atoms with van der Waals surface area (Å²) in [6.45, 7) is 0.507. The number of nitrogens with zero attached hydrogens (tertiary/aromatic N) is 2. The van der Waals surface area contributed by atoms with Gasteiger partial charge in [0, 0.05) is 25.6 Å². The molecule has 0 saturated heterocycles. The minimum Gasteiger partial charge on any atom is -0.328 e. The molecule has 2 heterocycles. The third kappa shape index (κ3) is 2.05. The monoisotopic (exact) mass is 258 g/mol. The summed E-state index contributed by atoms with van der Waals surface area (Å²) in [4.78, 5) is 41.4. The Balaban J connectivity index is 1.86. The molecule has 0 aromatic carbocycles. The SMILES string of the molecule is O=C1CCC(N2CCc3ncccc3C2=O)C(=O)C1. The molecular formula is C14H14N2O3. The molecule has 1 atom stereocenters. The van der Waals surface area contributed by atoms with Gasteiger partial charge in [-0.25, -0.2) is 0 Å². The minimum atomic E-state index is -0.432. The smallest absolute Gasteiger partial charge is 0.256 e. The molecule has 1 aromatic heterocycles. The molecule has 5 nitrogen and oxygen atoms in total. The summed E-state index contributed by atoms with van der Waals surface area (Å²) in [5, 5.41) is 0. The van der Waals surface area contributed by atoms with E-state index in [2.05, 4.69) is 4.98 Å². The number of carbonyl (C=O) groups excluding carboxylic acids is 3. The quantitative estimate of drug-likeness (QED) is 0.698. The molecule has 5 heteroatoms. The Bertz CT molecular complexity index is 568. The van der Waals surface area contributed by atoms with E-state index in [-0.39, 0.29) is 23.9 Å². The lowest BCUT2D eigenvalue weighted by Gasteiger charge is -2.35. The fraction of sp³-hybridized carbons (Fsp3) is 0.429. The fourth-order valence-corrected chi connectivity index (χ4v) is 2.80. The van der Waals surface area contributed by atoms with Crippen molar-refractivity contribution in [1.82, 2.24) is 9.88 Å². The van der Waals surface area contributed by atoms with Crippen molar-refractivity contribution in [2.45, 2.75) is 31.7 Å². The molecule has 3 rings (SSSR count). The van der Waals surface area contributed by atoms with Crippen LogP contribution >= 0.6 is 0 Å². The topological polar surface area (TPSA) is 67.3 Å². The van der Waals surface area contributed by atoms with Crippen LogP contribution in [0.3, 0.4) is 0 Å². The average Bonchev–Trinajstić information content (AvgIpc) is 2.41. The Kier molecular flexibility index (Phi) is 2.89. The number of ketones is 2. The number of fused-ring (bicyclic) bond motifs is 1. The Labute approximate surface area is 110 Å². The van der Waals surface area contributed by atoms with Crippen LogP contribution in [0, 0.1) is 0 Å². The number of Topliss-reactive ketones (excluding diaryl/α,β-unsaturated/α-hetero) is 2. The largest absolute Gasteiger partial charge is 0.328 e. The fourth-order valence-electron chi connectivity index (χ4n) is 2.80. The number of amides is 1. The van der Waals surface area contributed by atoms with Gasteiger partial charge in [-0.2, -0.15) is 0 Å². The van der Waals surface area contributed by atoms with Gasteiger partial charge in [0.2, 0.25) is 0 Å². The first-order valence-electron chi connectivity index (χ1n) is 6.46. The zero-order valence-electron chi connectivity index (χ0n) is 10.5. The van der Waals surface area contributed by atoms with Crippen molar-refractivity contribution in [3.63, 3.8) is 0 Å². The molecule has 1 unspecified atom stereocenters. The first kappa shape index (κ1) is 12.0. The molecule has 0 N–H and O–H groups in total. The summed E-state index contributed by atoms with van der Waals surface area (Å²) >= 11 is 0. The highest BCUT2D eigenvalue weighted by Gasteiger charge is 2.37. The Morgan fingerprint density at radius 1 is 1.21 bits per heavy atom. The first-order valence-corrected chi connectivity index (χ1v) is 6.46. The summed E-state index contributed by atoms with van der Waals surface area (Å²) in [5.41, 5.74) is 1.38. The zero-order valence-corrected chi connectivity index (χ0v) is 10.5. The van der Waals surface area contributed by atoms with E-state index in [0.29, 0.717) is 31.4 Å². The standard InChI is InChI=1S/C14H14N2O3/c17-9-3-4-12(13(18)8-9)16-7-5-11-10(14(16)19)2-1-6-15-11/h1-2,6,12H,3-5,7-8H2. The van der Waals surface area contributed by atoms with E-state index < -0.39 is 6.04 Å². The lowest BCUT2D eigenvalue weighted by Crippen LogP contribution is -2.50. The normalized spacial score (nSPS) is 23.5. The maximum Gasteiger partial charge on any atom is 0.256 e. The van der Waals surface area contributed by atoms with Crippen LogP contribution in [0.15, 0.2) is 18.3 Å². The second kappa shape index (κ2) is 4.57. The van der Waals surface area contributed by atoms with Gasteiger partial charge in [0.15, 0.2) is 5.78 Å². The molecule has 0 radical (unpaired) electrons. The summed E-state index contributed by atoms with van der Waals surface area (Å²) in [6, 6.07) is 3.04. The van der Waals surface area contributed by atoms with E-state index in [9.17, 15) is 14.4 Å². The Morgan fingerprint density at radius 2 is 2.05 bits per heavy atom. The van der Waals surface area contributed by atoms with Crippen molar-refractivity contribution >= 4 is 17.5 Å². The van der Waals surface area contributed by atoms with Crippen LogP contribution in [-0.4, -0.2) is 39.9 Å². The van der Waals surface area contributed by atoms with Gasteiger partial charge >= 0.3 is 0 Å². The lowest BCUT2D eigenvalue weighted by atomic mass is 9.90. The van der Waals surface area contributed by atoms with E-state index in [1.807, 2.05) is 0 Å². The van der Waals surface area contributed by atoms with Crippen LogP contribution < -0.4 is 0 Å². The molecule has 0 spiro atoms. The van der Waals surface area contributed by atoms with Gasteiger partial charge in [-0.3, -0.25) is 19.4 Å².